The van der Waals surface area contributed by atoms with Crippen LogP contribution in [0.4, 0.5) is 10.1 Å². The molecular formula is C29H29FN2O4. The number of carbonyl (C=O) groups excluding carboxylic acids is 1. The van der Waals surface area contributed by atoms with Crippen LogP contribution in [0.1, 0.15) is 33.0 Å². The van der Waals surface area contributed by atoms with E-state index in [9.17, 15) is 9.18 Å². The molecule has 3 aromatic carbocycles. The Balaban J connectivity index is 1.51. The number of halogens is 1. The quantitative estimate of drug-likeness (QED) is 0.288. The van der Waals surface area contributed by atoms with Crippen LogP contribution in [0.25, 0.3) is 0 Å². The molecule has 1 amide bonds. The standard InChI is InChI=1S/C29H29FN2O4/c1-20-7-10-24(11-8-20)31-29(33)27-14-12-25(36-27)19-32(17-21-5-4-6-23(30)15-21)18-22-9-13-26(34-2)28(16-22)35-3/h4-16H,17-19H2,1-3H3,(H,31,33). The topological polar surface area (TPSA) is 63.9 Å². The summed E-state index contributed by atoms with van der Waals surface area (Å²) in [4.78, 5) is 14.8. The molecule has 4 rings (SSSR count). The van der Waals surface area contributed by atoms with Crippen molar-refractivity contribution in [1.29, 1.82) is 0 Å². The van der Waals surface area contributed by atoms with Gasteiger partial charge in [0.25, 0.3) is 5.91 Å². The number of benzene rings is 3. The van der Waals surface area contributed by atoms with E-state index in [1.807, 2.05) is 55.5 Å². The first-order valence-electron chi connectivity index (χ1n) is 11.6. The second-order valence-corrected chi connectivity index (χ2v) is 8.55. The smallest absolute Gasteiger partial charge is 0.291 e. The molecule has 186 valence electrons. The van der Waals surface area contributed by atoms with Gasteiger partial charge in [-0.05, 0) is 66.6 Å². The molecule has 1 aromatic heterocycles. The summed E-state index contributed by atoms with van der Waals surface area (Å²) in [6, 6.07) is 23.3. The number of nitrogens with zero attached hydrogens (tertiary/aromatic N) is 1. The third-order valence-electron chi connectivity index (χ3n) is 5.72. The zero-order valence-electron chi connectivity index (χ0n) is 20.6. The Bertz CT molecular complexity index is 1320. The van der Waals surface area contributed by atoms with Gasteiger partial charge in [-0.3, -0.25) is 9.69 Å². The largest absolute Gasteiger partial charge is 0.493 e. The van der Waals surface area contributed by atoms with E-state index in [0.717, 1.165) is 16.7 Å². The summed E-state index contributed by atoms with van der Waals surface area (Å²) in [5.41, 5.74) is 3.64. The number of anilines is 1. The summed E-state index contributed by atoms with van der Waals surface area (Å²) >= 11 is 0. The van der Waals surface area contributed by atoms with Gasteiger partial charge in [-0.2, -0.15) is 0 Å². The molecule has 0 fully saturated rings. The van der Waals surface area contributed by atoms with E-state index in [0.29, 0.717) is 42.6 Å². The van der Waals surface area contributed by atoms with E-state index < -0.39 is 0 Å². The number of nitrogens with one attached hydrogen (secondary N) is 1. The average molecular weight is 489 g/mol. The van der Waals surface area contributed by atoms with Gasteiger partial charge in [-0.15, -0.1) is 0 Å². The van der Waals surface area contributed by atoms with E-state index in [1.165, 1.54) is 12.1 Å². The van der Waals surface area contributed by atoms with Gasteiger partial charge >= 0.3 is 0 Å². The number of aryl methyl sites for hydroxylation is 1. The lowest BCUT2D eigenvalue weighted by Gasteiger charge is -2.22. The first-order valence-corrected chi connectivity index (χ1v) is 11.6. The van der Waals surface area contributed by atoms with Gasteiger partial charge in [0.2, 0.25) is 0 Å². The summed E-state index contributed by atoms with van der Waals surface area (Å²) in [6.45, 7) is 3.44. The number of hydrogen-bond donors (Lipinski definition) is 1. The molecule has 0 bridgehead atoms. The lowest BCUT2D eigenvalue weighted by Crippen LogP contribution is -2.22. The van der Waals surface area contributed by atoms with Crippen LogP contribution in [0.3, 0.4) is 0 Å². The Kier molecular flexibility index (Phi) is 8.02. The highest BCUT2D eigenvalue weighted by Crippen LogP contribution is 2.28. The van der Waals surface area contributed by atoms with Crippen LogP contribution < -0.4 is 14.8 Å². The molecule has 4 aromatic rings. The monoisotopic (exact) mass is 488 g/mol. The predicted molar refractivity (Wildman–Crippen MR) is 137 cm³/mol. The van der Waals surface area contributed by atoms with Gasteiger partial charge in [0.05, 0.1) is 20.8 Å². The van der Waals surface area contributed by atoms with Crippen LogP contribution in [-0.4, -0.2) is 25.0 Å². The van der Waals surface area contributed by atoms with Gasteiger partial charge in [-0.25, -0.2) is 4.39 Å². The van der Waals surface area contributed by atoms with E-state index in [4.69, 9.17) is 13.9 Å². The number of ether oxygens (including phenoxy) is 2. The van der Waals surface area contributed by atoms with Crippen molar-refractivity contribution in [3.63, 3.8) is 0 Å². The van der Waals surface area contributed by atoms with Crippen LogP contribution >= 0.6 is 0 Å². The van der Waals surface area contributed by atoms with E-state index >= 15 is 0 Å². The molecular weight excluding hydrogens is 459 g/mol. The maximum atomic E-state index is 13.8. The summed E-state index contributed by atoms with van der Waals surface area (Å²) in [5, 5.41) is 2.85. The van der Waals surface area contributed by atoms with Crippen molar-refractivity contribution in [1.82, 2.24) is 4.90 Å². The number of hydrogen-bond acceptors (Lipinski definition) is 5. The molecule has 0 atom stereocenters. The molecule has 0 spiro atoms. The highest BCUT2D eigenvalue weighted by Gasteiger charge is 2.16. The molecule has 0 saturated heterocycles. The Morgan fingerprint density at radius 1 is 0.861 bits per heavy atom. The minimum absolute atomic E-state index is 0.224. The average Bonchev–Trinajstić information content (AvgIpc) is 3.34. The van der Waals surface area contributed by atoms with Gasteiger partial charge in [-0.1, -0.05) is 35.9 Å². The van der Waals surface area contributed by atoms with E-state index in [2.05, 4.69) is 10.2 Å². The second kappa shape index (κ2) is 11.6. The molecule has 0 aliphatic rings. The van der Waals surface area contributed by atoms with E-state index in [1.54, 1.807) is 32.4 Å². The molecule has 7 heteroatoms. The van der Waals surface area contributed by atoms with Crippen molar-refractivity contribution in [2.24, 2.45) is 0 Å². The fourth-order valence-electron chi connectivity index (χ4n) is 3.93. The van der Waals surface area contributed by atoms with Crippen LogP contribution in [0.5, 0.6) is 11.5 Å². The van der Waals surface area contributed by atoms with Crippen molar-refractivity contribution in [2.45, 2.75) is 26.6 Å². The third kappa shape index (κ3) is 6.52. The van der Waals surface area contributed by atoms with Gasteiger partial charge < -0.3 is 19.2 Å². The lowest BCUT2D eigenvalue weighted by molar-refractivity contribution is 0.0992. The molecule has 36 heavy (non-hydrogen) atoms. The van der Waals surface area contributed by atoms with Crippen molar-refractivity contribution in [2.75, 3.05) is 19.5 Å². The molecule has 0 radical (unpaired) electrons. The van der Waals surface area contributed by atoms with Crippen molar-refractivity contribution in [3.05, 3.63) is 113 Å². The molecule has 0 unspecified atom stereocenters. The normalized spacial score (nSPS) is 10.9. The first kappa shape index (κ1) is 25.0. The minimum atomic E-state index is -0.318. The van der Waals surface area contributed by atoms with Crippen LogP contribution in [0.2, 0.25) is 0 Å². The van der Waals surface area contributed by atoms with Crippen LogP contribution in [-0.2, 0) is 19.6 Å². The maximum absolute atomic E-state index is 13.8. The third-order valence-corrected chi connectivity index (χ3v) is 5.72. The lowest BCUT2D eigenvalue weighted by atomic mass is 10.1. The highest BCUT2D eigenvalue weighted by molar-refractivity contribution is 6.02. The SMILES string of the molecule is COc1ccc(CN(Cc2cccc(F)c2)Cc2ccc(C(=O)Nc3ccc(C)cc3)o2)cc1OC. The Morgan fingerprint density at radius 2 is 1.58 bits per heavy atom. The fourth-order valence-corrected chi connectivity index (χ4v) is 3.93. The zero-order valence-corrected chi connectivity index (χ0v) is 20.6. The van der Waals surface area contributed by atoms with Crippen molar-refractivity contribution < 1.29 is 23.1 Å². The molecule has 0 saturated carbocycles. The number of rotatable bonds is 10. The number of furan rings is 1. The summed E-state index contributed by atoms with van der Waals surface area (Å²) in [5.74, 6) is 1.53. The molecule has 1 heterocycles. The maximum Gasteiger partial charge on any atom is 0.291 e. The first-order chi connectivity index (χ1) is 17.4. The number of amides is 1. The molecule has 0 aliphatic heterocycles. The molecule has 0 aliphatic carbocycles. The van der Waals surface area contributed by atoms with Gasteiger partial charge in [0.1, 0.15) is 11.6 Å². The number of carbonyl (C=O) groups is 1. The fraction of sp³-hybridized carbons (Fsp3) is 0.207. The Hall–Kier alpha value is -4.10. The Morgan fingerprint density at radius 3 is 2.28 bits per heavy atom. The van der Waals surface area contributed by atoms with Crippen LogP contribution in [0.15, 0.2) is 83.3 Å². The molecule has 1 N–H and O–H groups in total. The summed E-state index contributed by atoms with van der Waals surface area (Å²) in [7, 11) is 3.19. The van der Waals surface area contributed by atoms with E-state index in [-0.39, 0.29) is 17.5 Å². The van der Waals surface area contributed by atoms with Crippen molar-refractivity contribution >= 4 is 11.6 Å². The van der Waals surface area contributed by atoms with Crippen molar-refractivity contribution in [3.8, 4) is 11.5 Å². The predicted octanol–water partition coefficient (Wildman–Crippen LogP) is 6.20. The zero-order chi connectivity index (χ0) is 25.5. The second-order valence-electron chi connectivity index (χ2n) is 8.55. The minimum Gasteiger partial charge on any atom is -0.493 e. The highest BCUT2D eigenvalue weighted by atomic mass is 19.1. The van der Waals surface area contributed by atoms with Gasteiger partial charge in [0.15, 0.2) is 17.3 Å². The van der Waals surface area contributed by atoms with Gasteiger partial charge in [0, 0.05) is 18.8 Å². The Labute approximate surface area is 210 Å². The summed E-state index contributed by atoms with van der Waals surface area (Å²) in [6.07, 6.45) is 0. The van der Waals surface area contributed by atoms with Crippen LogP contribution in [0, 0.1) is 12.7 Å². The summed E-state index contributed by atoms with van der Waals surface area (Å²) < 4.78 is 30.5. The number of methoxy groups -OCH3 is 2. The molecule has 6 nitrogen and oxygen atoms in total.